The van der Waals surface area contributed by atoms with Gasteiger partial charge in [0.15, 0.2) is 0 Å². The quantitative estimate of drug-likeness (QED) is 0.129. The Labute approximate surface area is 319 Å². The number of aromatic nitrogens is 1. The van der Waals surface area contributed by atoms with Crippen LogP contribution < -0.4 is 16.0 Å². The van der Waals surface area contributed by atoms with Gasteiger partial charge >= 0.3 is 12.1 Å². The number of H-pyrrole nitrogens is 1. The molecule has 12 nitrogen and oxygen atoms in total. The number of amides is 3. The third-order valence-electron chi connectivity index (χ3n) is 10.2. The van der Waals surface area contributed by atoms with Crippen molar-refractivity contribution in [2.75, 3.05) is 13.2 Å². The maximum atomic E-state index is 14.9. The number of carbonyl (C=O) groups excluding carboxylic acids is 4. The molecule has 3 aromatic rings. The van der Waals surface area contributed by atoms with E-state index in [9.17, 15) is 19.2 Å². The number of nitrogens with one attached hydrogen (secondary N) is 4. The van der Waals surface area contributed by atoms with E-state index in [0.29, 0.717) is 47.0 Å². The first-order valence-electron chi connectivity index (χ1n) is 18.3. The van der Waals surface area contributed by atoms with Gasteiger partial charge < -0.3 is 30.4 Å². The molecule has 53 heavy (non-hydrogen) atoms. The largest absolute Gasteiger partial charge is 0.460 e. The number of carbonyl (C=O) groups is 4. The van der Waals surface area contributed by atoms with Gasteiger partial charge in [-0.3, -0.25) is 14.6 Å². The van der Waals surface area contributed by atoms with Crippen LogP contribution in [0, 0.1) is 11.8 Å². The summed E-state index contributed by atoms with van der Waals surface area (Å²) in [7, 11) is 0. The van der Waals surface area contributed by atoms with Gasteiger partial charge in [0, 0.05) is 22.5 Å². The minimum Gasteiger partial charge on any atom is -0.460 e. The lowest BCUT2D eigenvalue weighted by atomic mass is 9.78. The third kappa shape index (κ3) is 9.21. The van der Waals surface area contributed by atoms with E-state index in [0.717, 1.165) is 22.2 Å². The number of amidine groups is 1. The molecule has 0 radical (unpaired) electrons. The molecule has 0 bridgehead atoms. The van der Waals surface area contributed by atoms with E-state index in [4.69, 9.17) is 32.7 Å². The fourth-order valence-corrected chi connectivity index (χ4v) is 7.25. The van der Waals surface area contributed by atoms with E-state index in [1.165, 1.54) is 0 Å². The number of ether oxygens (including phenoxy) is 2. The number of hydrogen-bond donors (Lipinski definition) is 4. The van der Waals surface area contributed by atoms with Crippen LogP contribution in [-0.4, -0.2) is 71.2 Å². The molecule has 2 heterocycles. The summed E-state index contributed by atoms with van der Waals surface area (Å²) in [6.07, 6.45) is 1.95. The maximum absolute atomic E-state index is 14.9. The van der Waals surface area contributed by atoms with Crippen molar-refractivity contribution in [1.82, 2.24) is 20.9 Å². The molecule has 1 aliphatic heterocycles. The van der Waals surface area contributed by atoms with Crippen molar-refractivity contribution in [3.05, 3.63) is 69.3 Å². The molecule has 2 aromatic carbocycles. The molecule has 4 N–H and O–H groups in total. The van der Waals surface area contributed by atoms with Gasteiger partial charge in [-0.1, -0.05) is 101 Å². The summed E-state index contributed by atoms with van der Waals surface area (Å²) < 4.78 is 10.7. The molecule has 1 aliphatic carbocycles. The SMILES string of the molecule is CCCOC(=O)C1=NCC([C@@H](NC(=O)[C@@]2(NC(=O)[C@@H](NC(=O)OCc3ccccc3)C(C)CC)CCc3[nH]c4c(Cl)cc(Cl)cc4c3C2)C(C)CC)=N1. The van der Waals surface area contributed by atoms with E-state index in [1.54, 1.807) is 12.1 Å². The monoisotopic (exact) mass is 766 g/mol. The van der Waals surface area contributed by atoms with Crippen molar-refractivity contribution in [1.29, 1.82) is 0 Å². The highest BCUT2D eigenvalue weighted by molar-refractivity contribution is 6.39. The molecule has 284 valence electrons. The van der Waals surface area contributed by atoms with Crippen LogP contribution in [0.3, 0.4) is 0 Å². The molecule has 3 amide bonds. The van der Waals surface area contributed by atoms with E-state index in [2.05, 4.69) is 30.9 Å². The van der Waals surface area contributed by atoms with Crippen LogP contribution in [0.2, 0.25) is 10.0 Å². The first kappa shape index (κ1) is 39.8. The van der Waals surface area contributed by atoms with E-state index < -0.39 is 41.5 Å². The molecule has 2 unspecified atom stereocenters. The highest BCUT2D eigenvalue weighted by atomic mass is 35.5. The predicted octanol–water partition coefficient (Wildman–Crippen LogP) is 6.50. The molecule has 5 atom stereocenters. The molecule has 1 aromatic heterocycles. The molecule has 0 saturated carbocycles. The minimum absolute atomic E-state index is 0.0319. The number of nitrogens with zero attached hydrogens (tertiary/aromatic N) is 2. The van der Waals surface area contributed by atoms with Crippen LogP contribution in [0.25, 0.3) is 10.9 Å². The van der Waals surface area contributed by atoms with Crippen molar-refractivity contribution < 1.29 is 28.7 Å². The number of halogens is 2. The number of aryl methyl sites for hydroxylation is 1. The third-order valence-corrected chi connectivity index (χ3v) is 10.7. The van der Waals surface area contributed by atoms with Crippen molar-refractivity contribution in [2.45, 2.75) is 97.4 Å². The topological polar surface area (TPSA) is 163 Å². The van der Waals surface area contributed by atoms with Crippen molar-refractivity contribution in [2.24, 2.45) is 21.8 Å². The van der Waals surface area contributed by atoms with Crippen LogP contribution in [0.15, 0.2) is 52.4 Å². The highest BCUT2D eigenvalue weighted by Crippen LogP contribution is 2.38. The van der Waals surface area contributed by atoms with E-state index in [1.807, 2.05) is 65.0 Å². The van der Waals surface area contributed by atoms with E-state index >= 15 is 0 Å². The Hall–Kier alpha value is -4.42. The lowest BCUT2D eigenvalue weighted by Gasteiger charge is -2.40. The van der Waals surface area contributed by atoms with Crippen molar-refractivity contribution >= 4 is 69.5 Å². The Morgan fingerprint density at radius 3 is 2.42 bits per heavy atom. The Kier molecular flexibility index (Phi) is 13.2. The summed E-state index contributed by atoms with van der Waals surface area (Å²) in [6, 6.07) is 11.1. The summed E-state index contributed by atoms with van der Waals surface area (Å²) in [4.78, 5) is 67.1. The number of alkyl carbamates (subject to hydrolysis) is 1. The van der Waals surface area contributed by atoms with Gasteiger partial charge in [-0.25, -0.2) is 14.6 Å². The number of rotatable bonds is 15. The van der Waals surface area contributed by atoms with Crippen molar-refractivity contribution in [3.8, 4) is 0 Å². The standard InChI is InChI=1S/C39H48Cl2N6O6/c1-6-16-52-36(49)34-42-20-30(44-34)31(22(4)7-2)45-37(50)39(15-14-29-27(19-39)26-17-25(40)18-28(41)33(26)43-29)47-35(48)32(23(5)8-3)46-38(51)53-21-24-12-10-9-11-13-24/h9-13,17-18,22-23,31-32,43H,6-8,14-16,19-21H2,1-5H3,(H,45,50)(H,46,51)(H,47,48)/t22?,23?,31-,32-,39+/m0/s1. The minimum atomic E-state index is -1.45. The zero-order chi connectivity index (χ0) is 38.3. The van der Waals surface area contributed by atoms with Gasteiger partial charge in [0.05, 0.1) is 35.4 Å². The lowest BCUT2D eigenvalue weighted by Crippen LogP contribution is -2.66. The van der Waals surface area contributed by atoms with Gasteiger partial charge in [-0.05, 0) is 54.4 Å². The van der Waals surface area contributed by atoms with Gasteiger partial charge in [0.25, 0.3) is 0 Å². The molecule has 2 aliphatic rings. The Morgan fingerprint density at radius 2 is 1.72 bits per heavy atom. The Morgan fingerprint density at radius 1 is 0.981 bits per heavy atom. The first-order valence-corrected chi connectivity index (χ1v) is 19.0. The molecule has 14 heteroatoms. The van der Waals surface area contributed by atoms with Crippen LogP contribution in [0.1, 0.15) is 77.1 Å². The highest BCUT2D eigenvalue weighted by Gasteiger charge is 2.47. The predicted molar refractivity (Wildman–Crippen MR) is 207 cm³/mol. The Balaban J connectivity index is 1.46. The van der Waals surface area contributed by atoms with Gasteiger partial charge in [-0.2, -0.15) is 0 Å². The average Bonchev–Trinajstić information content (AvgIpc) is 3.79. The number of hydrogen-bond acceptors (Lipinski definition) is 8. The first-order chi connectivity index (χ1) is 25.4. The number of benzene rings is 2. The number of fused-ring (bicyclic) bond motifs is 3. The van der Waals surface area contributed by atoms with Crippen LogP contribution in [0.4, 0.5) is 4.79 Å². The van der Waals surface area contributed by atoms with E-state index in [-0.39, 0.29) is 50.3 Å². The zero-order valence-corrected chi connectivity index (χ0v) is 32.3. The zero-order valence-electron chi connectivity index (χ0n) is 30.8. The smallest absolute Gasteiger partial charge is 0.408 e. The molecule has 5 rings (SSSR count). The molecule has 0 fully saturated rings. The second kappa shape index (κ2) is 17.6. The van der Waals surface area contributed by atoms with Gasteiger partial charge in [0.1, 0.15) is 18.2 Å². The lowest BCUT2D eigenvalue weighted by molar-refractivity contribution is -0.136. The molecular formula is C39H48Cl2N6O6. The number of esters is 1. The molecule has 0 spiro atoms. The van der Waals surface area contributed by atoms with Crippen LogP contribution in [-0.2, 0) is 43.3 Å². The average molecular weight is 768 g/mol. The second-order valence-electron chi connectivity index (χ2n) is 13.9. The van der Waals surface area contributed by atoms with Crippen LogP contribution >= 0.6 is 23.2 Å². The normalized spacial score (nSPS) is 18.8. The summed E-state index contributed by atoms with van der Waals surface area (Å²) in [5.41, 5.74) is 2.28. The summed E-state index contributed by atoms with van der Waals surface area (Å²) in [6.45, 7) is 10.1. The van der Waals surface area contributed by atoms with Crippen molar-refractivity contribution in [3.63, 3.8) is 0 Å². The van der Waals surface area contributed by atoms with Gasteiger partial charge in [-0.15, -0.1) is 0 Å². The second-order valence-corrected chi connectivity index (χ2v) is 14.8. The summed E-state index contributed by atoms with van der Waals surface area (Å²) >= 11 is 13.0. The van der Waals surface area contributed by atoms with Crippen LogP contribution in [0.5, 0.6) is 0 Å². The summed E-state index contributed by atoms with van der Waals surface area (Å²) in [5.74, 6) is -1.98. The fraction of sp³-hybridized carbons (Fsp3) is 0.487. The number of aliphatic imine (C=N–C) groups is 2. The number of aromatic amines is 1. The molecular weight excluding hydrogens is 719 g/mol. The summed E-state index contributed by atoms with van der Waals surface area (Å²) in [5, 5.41) is 10.7. The Bertz CT molecular complexity index is 1900. The maximum Gasteiger partial charge on any atom is 0.408 e. The molecule has 0 saturated heterocycles. The van der Waals surface area contributed by atoms with Gasteiger partial charge in [0.2, 0.25) is 17.6 Å². The fourth-order valence-electron chi connectivity index (χ4n) is 6.71.